The lowest BCUT2D eigenvalue weighted by Gasteiger charge is -2.08. The van der Waals surface area contributed by atoms with Crippen molar-refractivity contribution in [1.82, 2.24) is 0 Å². The van der Waals surface area contributed by atoms with E-state index in [9.17, 15) is 9.18 Å². The zero-order valence-electron chi connectivity index (χ0n) is 10.8. The van der Waals surface area contributed by atoms with E-state index in [2.05, 4.69) is 5.32 Å². The van der Waals surface area contributed by atoms with Crippen molar-refractivity contribution in [3.8, 4) is 5.75 Å². The summed E-state index contributed by atoms with van der Waals surface area (Å²) >= 11 is 0. The second-order valence-electron chi connectivity index (χ2n) is 4.20. The van der Waals surface area contributed by atoms with Crippen molar-refractivity contribution in [2.24, 2.45) is 5.73 Å². The Labute approximate surface area is 116 Å². The quantitative estimate of drug-likeness (QED) is 0.879. The highest BCUT2D eigenvalue weighted by Crippen LogP contribution is 2.13. The maximum atomic E-state index is 12.7. The molecule has 1 amide bonds. The molecular formula is C15H15FN2O2. The molecule has 0 aliphatic carbocycles. The number of carbonyl (C=O) groups excluding carboxylic acids is 1. The van der Waals surface area contributed by atoms with E-state index in [1.165, 1.54) is 24.3 Å². The Morgan fingerprint density at radius 2 is 1.95 bits per heavy atom. The zero-order chi connectivity index (χ0) is 14.4. The number of anilines is 1. The molecule has 3 N–H and O–H groups in total. The Balaban J connectivity index is 1.87. The standard InChI is InChI=1S/C15H15FN2O2/c16-12-4-6-13(7-5-12)18-15(19)10-20-14-3-1-2-11(8-14)9-17/h1-8H,9-10,17H2,(H,18,19). The van der Waals surface area contributed by atoms with Crippen LogP contribution in [0.5, 0.6) is 5.75 Å². The molecule has 0 aliphatic heterocycles. The Kier molecular flexibility index (Phi) is 4.68. The molecule has 0 bridgehead atoms. The molecule has 0 aliphatic rings. The first-order valence-corrected chi connectivity index (χ1v) is 6.14. The van der Waals surface area contributed by atoms with E-state index in [4.69, 9.17) is 10.5 Å². The molecule has 2 aromatic rings. The summed E-state index contributed by atoms with van der Waals surface area (Å²) in [6.45, 7) is 0.296. The highest BCUT2D eigenvalue weighted by Gasteiger charge is 2.04. The summed E-state index contributed by atoms with van der Waals surface area (Å²) in [7, 11) is 0. The number of halogens is 1. The van der Waals surface area contributed by atoms with Gasteiger partial charge in [0.2, 0.25) is 0 Å². The van der Waals surface area contributed by atoms with Crippen LogP contribution in [0, 0.1) is 5.82 Å². The molecule has 2 rings (SSSR count). The normalized spacial score (nSPS) is 10.1. The number of nitrogens with two attached hydrogens (primary N) is 1. The summed E-state index contributed by atoms with van der Waals surface area (Å²) in [5, 5.41) is 2.61. The third-order valence-corrected chi connectivity index (χ3v) is 2.63. The van der Waals surface area contributed by atoms with E-state index in [0.29, 0.717) is 18.0 Å². The predicted molar refractivity (Wildman–Crippen MR) is 74.9 cm³/mol. The van der Waals surface area contributed by atoms with Crippen LogP contribution < -0.4 is 15.8 Å². The van der Waals surface area contributed by atoms with Gasteiger partial charge >= 0.3 is 0 Å². The van der Waals surface area contributed by atoms with E-state index >= 15 is 0 Å². The molecular weight excluding hydrogens is 259 g/mol. The number of hydrogen-bond acceptors (Lipinski definition) is 3. The van der Waals surface area contributed by atoms with Crippen LogP contribution in [-0.2, 0) is 11.3 Å². The van der Waals surface area contributed by atoms with Crippen LogP contribution in [0.3, 0.4) is 0 Å². The minimum atomic E-state index is -0.349. The van der Waals surface area contributed by atoms with Crippen LogP contribution in [0.4, 0.5) is 10.1 Å². The first-order chi connectivity index (χ1) is 9.67. The van der Waals surface area contributed by atoms with Gasteiger partial charge in [0.1, 0.15) is 11.6 Å². The highest BCUT2D eigenvalue weighted by atomic mass is 19.1. The van der Waals surface area contributed by atoms with Gasteiger partial charge in [0.05, 0.1) is 0 Å². The van der Waals surface area contributed by atoms with Gasteiger partial charge in [0.15, 0.2) is 6.61 Å². The SMILES string of the molecule is NCc1cccc(OCC(=O)Nc2ccc(F)cc2)c1. The molecule has 4 nitrogen and oxygen atoms in total. The van der Waals surface area contributed by atoms with E-state index in [1.54, 1.807) is 12.1 Å². The number of carbonyl (C=O) groups is 1. The molecule has 0 saturated carbocycles. The first-order valence-electron chi connectivity index (χ1n) is 6.14. The topological polar surface area (TPSA) is 64.3 Å². The van der Waals surface area contributed by atoms with E-state index < -0.39 is 0 Å². The Hall–Kier alpha value is -2.40. The first kappa shape index (κ1) is 14.0. The van der Waals surface area contributed by atoms with Gasteiger partial charge in [0.25, 0.3) is 5.91 Å². The average Bonchev–Trinajstić information content (AvgIpc) is 2.48. The molecule has 0 saturated heterocycles. The summed E-state index contributed by atoms with van der Waals surface area (Å²) in [4.78, 5) is 11.7. The summed E-state index contributed by atoms with van der Waals surface area (Å²) in [5.74, 6) is -0.0742. The van der Waals surface area contributed by atoms with Crippen LogP contribution in [-0.4, -0.2) is 12.5 Å². The molecule has 2 aromatic carbocycles. The van der Waals surface area contributed by atoms with Gasteiger partial charge < -0.3 is 15.8 Å². The lowest BCUT2D eigenvalue weighted by molar-refractivity contribution is -0.118. The monoisotopic (exact) mass is 274 g/mol. The molecule has 104 valence electrons. The number of hydrogen-bond donors (Lipinski definition) is 2. The molecule has 0 radical (unpaired) electrons. The van der Waals surface area contributed by atoms with Crippen LogP contribution in [0.25, 0.3) is 0 Å². The van der Waals surface area contributed by atoms with Crippen molar-refractivity contribution < 1.29 is 13.9 Å². The number of rotatable bonds is 5. The van der Waals surface area contributed by atoms with Crippen LogP contribution in [0.15, 0.2) is 48.5 Å². The molecule has 0 aromatic heterocycles. The molecule has 5 heteroatoms. The Bertz CT molecular complexity index is 585. The van der Waals surface area contributed by atoms with E-state index in [0.717, 1.165) is 5.56 Å². The summed E-state index contributed by atoms with van der Waals surface area (Å²) in [5.41, 5.74) is 6.98. The Morgan fingerprint density at radius 1 is 1.20 bits per heavy atom. The van der Waals surface area contributed by atoms with Crippen LogP contribution >= 0.6 is 0 Å². The number of ether oxygens (including phenoxy) is 1. The van der Waals surface area contributed by atoms with E-state index in [1.807, 2.05) is 12.1 Å². The lowest BCUT2D eigenvalue weighted by Crippen LogP contribution is -2.20. The number of nitrogens with one attached hydrogen (secondary N) is 1. The fraction of sp³-hybridized carbons (Fsp3) is 0.133. The maximum absolute atomic E-state index is 12.7. The van der Waals surface area contributed by atoms with Crippen molar-refractivity contribution in [2.75, 3.05) is 11.9 Å². The molecule has 0 spiro atoms. The van der Waals surface area contributed by atoms with Crippen molar-refractivity contribution in [1.29, 1.82) is 0 Å². The van der Waals surface area contributed by atoms with Gasteiger partial charge in [0, 0.05) is 12.2 Å². The van der Waals surface area contributed by atoms with E-state index in [-0.39, 0.29) is 18.3 Å². The average molecular weight is 274 g/mol. The minimum Gasteiger partial charge on any atom is -0.484 e. The largest absolute Gasteiger partial charge is 0.484 e. The third-order valence-electron chi connectivity index (χ3n) is 2.63. The van der Waals surface area contributed by atoms with Gasteiger partial charge in [-0.1, -0.05) is 12.1 Å². The fourth-order valence-corrected chi connectivity index (χ4v) is 1.64. The Morgan fingerprint density at radius 3 is 2.65 bits per heavy atom. The van der Waals surface area contributed by atoms with Crippen LogP contribution in [0.2, 0.25) is 0 Å². The zero-order valence-corrected chi connectivity index (χ0v) is 10.8. The molecule has 0 unspecified atom stereocenters. The van der Waals surface area contributed by atoms with Gasteiger partial charge in [-0.2, -0.15) is 0 Å². The molecule has 0 heterocycles. The number of amides is 1. The smallest absolute Gasteiger partial charge is 0.262 e. The van der Waals surface area contributed by atoms with Crippen molar-refractivity contribution in [2.45, 2.75) is 6.54 Å². The van der Waals surface area contributed by atoms with Gasteiger partial charge in [-0.05, 0) is 42.0 Å². The molecule has 0 fully saturated rings. The second-order valence-corrected chi connectivity index (χ2v) is 4.20. The highest BCUT2D eigenvalue weighted by molar-refractivity contribution is 5.91. The van der Waals surface area contributed by atoms with Gasteiger partial charge in [-0.15, -0.1) is 0 Å². The minimum absolute atomic E-state index is 0.120. The van der Waals surface area contributed by atoms with Gasteiger partial charge in [-0.25, -0.2) is 4.39 Å². The number of benzene rings is 2. The van der Waals surface area contributed by atoms with Gasteiger partial charge in [-0.3, -0.25) is 4.79 Å². The van der Waals surface area contributed by atoms with Crippen molar-refractivity contribution in [3.63, 3.8) is 0 Å². The molecule has 0 atom stereocenters. The van der Waals surface area contributed by atoms with Crippen molar-refractivity contribution in [3.05, 3.63) is 59.9 Å². The molecule has 20 heavy (non-hydrogen) atoms. The summed E-state index contributed by atoms with van der Waals surface area (Å²) in [6.07, 6.45) is 0. The lowest BCUT2D eigenvalue weighted by atomic mass is 10.2. The van der Waals surface area contributed by atoms with Crippen molar-refractivity contribution >= 4 is 11.6 Å². The summed E-state index contributed by atoms with van der Waals surface area (Å²) in [6, 6.07) is 12.8. The summed E-state index contributed by atoms with van der Waals surface area (Å²) < 4.78 is 18.1. The second kappa shape index (κ2) is 6.68. The predicted octanol–water partition coefficient (Wildman–Crippen LogP) is 2.30. The maximum Gasteiger partial charge on any atom is 0.262 e. The third kappa shape index (κ3) is 4.07. The van der Waals surface area contributed by atoms with Crippen LogP contribution in [0.1, 0.15) is 5.56 Å². The fourth-order valence-electron chi connectivity index (χ4n) is 1.64.